The van der Waals surface area contributed by atoms with Gasteiger partial charge in [-0.3, -0.25) is 0 Å². The van der Waals surface area contributed by atoms with Crippen molar-refractivity contribution in [3.8, 4) is 56.3 Å². The van der Waals surface area contributed by atoms with Crippen molar-refractivity contribution in [2.75, 3.05) is 0 Å². The van der Waals surface area contributed by atoms with Crippen molar-refractivity contribution in [3.05, 3.63) is 324 Å². The molecule has 0 fully saturated rings. The lowest BCUT2D eigenvalue weighted by atomic mass is 9.92. The van der Waals surface area contributed by atoms with Gasteiger partial charge in [0.25, 0.3) is 0 Å². The summed E-state index contributed by atoms with van der Waals surface area (Å²) >= 11 is 0. The fourth-order valence-electron chi connectivity index (χ4n) is 18.4. The third-order valence-corrected chi connectivity index (χ3v) is 25.1. The summed E-state index contributed by atoms with van der Waals surface area (Å²) in [7, 11) is 10.7. The van der Waals surface area contributed by atoms with Crippen LogP contribution in [-0.2, 0) is 73.8 Å². The van der Waals surface area contributed by atoms with Crippen molar-refractivity contribution in [2.24, 2.45) is 70.7 Å². The normalized spacial score (nSPS) is 11.5. The van der Waals surface area contributed by atoms with Gasteiger partial charge < -0.3 is 0 Å². The van der Waals surface area contributed by atoms with Gasteiger partial charge in [-0.1, -0.05) is 178 Å². The summed E-state index contributed by atoms with van der Waals surface area (Å²) in [4.78, 5) is 0. The number of halogens is 2. The number of nitrogens with zero attached hydrogens (tertiary/aromatic N) is 5. The van der Waals surface area contributed by atoms with E-state index in [2.05, 4.69) is 407 Å². The van der Waals surface area contributed by atoms with E-state index in [0.717, 1.165) is 82.8 Å². The predicted molar refractivity (Wildman–Crippen MR) is 526 cm³/mol. The number of benzene rings is 10. The monoisotopic (exact) mass is 1660 g/mol. The van der Waals surface area contributed by atoms with Crippen LogP contribution >= 0.6 is 0 Å². The number of aromatic nitrogens is 5. The molecule has 0 saturated carbocycles. The third kappa shape index (κ3) is 21.9. The lowest BCUT2D eigenvalue weighted by molar-refractivity contribution is -0.633. The van der Waals surface area contributed by atoms with Crippen LogP contribution in [0.25, 0.3) is 111 Å². The second-order valence-electron chi connectivity index (χ2n) is 38.8. The van der Waals surface area contributed by atoms with Crippen molar-refractivity contribution >= 4 is 54.5 Å². The number of hydrogen-bond donors (Lipinski definition) is 0. The molecule has 5 heterocycles. The fourth-order valence-corrected chi connectivity index (χ4v) is 18.4. The molecule has 15 aromatic rings. The molecule has 0 atom stereocenters. The van der Waals surface area contributed by atoms with Crippen LogP contribution in [0.2, 0.25) is 0 Å². The molecule has 0 unspecified atom stereocenters. The van der Waals surface area contributed by atoms with E-state index in [4.69, 9.17) is 0 Å². The molecule has 5 aromatic heterocycles. The SMILES string of the molecule is Cc1cc(C)c(C)c(-c2ccc3c(CC(C)C)cc(CC(C)C)cc3[n+]2C)c1.Cc1cc(C)c(C)c(-c2ccc3c(CC(C)C)cccc3[n+]2C)c1.Cc1cc(C)c(C)c(-c2ccc3ccc(CC(C)C)cc3[n+]2C)c1.Cc1ccc(C)c(-c2ccc3c(CC(C)C)c(F)ccc3[n+]2C)c1.Cc1ccc(C)c(-c2ccc3cc(F)c(CC(C)C)cc3[n+]2C)c1. The van der Waals surface area contributed by atoms with Gasteiger partial charge in [-0.25, -0.2) is 8.78 Å². The Balaban J connectivity index is 0.000000151. The van der Waals surface area contributed by atoms with Crippen LogP contribution in [0.15, 0.2) is 206 Å². The summed E-state index contributed by atoms with van der Waals surface area (Å²) in [5.41, 5.74) is 43.4. The third-order valence-electron chi connectivity index (χ3n) is 25.1. The maximum atomic E-state index is 14.3. The van der Waals surface area contributed by atoms with Crippen LogP contribution in [0, 0.1) is 137 Å². The molecular weight excluding hydrogens is 1510 g/mol. The van der Waals surface area contributed by atoms with Crippen LogP contribution in [0.3, 0.4) is 0 Å². The summed E-state index contributed by atoms with van der Waals surface area (Å²) in [5, 5.41) is 6.03. The molecule has 7 heteroatoms. The minimum absolute atomic E-state index is 0.101. The summed E-state index contributed by atoms with van der Waals surface area (Å²) in [6.45, 7) is 55.2. The molecule has 0 radical (unpaired) electrons. The first kappa shape index (κ1) is 93.8. The maximum Gasteiger partial charge on any atom is 0.213 e. The molecule has 0 amide bonds. The standard InChI is InChI=1S/C27H36N.2C23H28N.2C22H25FN/c1-17(2)11-22-15-23(12-18(3)4)24-9-10-26(28(8)27(24)16-22)25-14-19(5)13-20(6)21(25)7;1-15(2)11-19-7-8-20-9-10-22(24(6)23(20)14-19)21-13-16(3)12-17(4)18(21)5;1-15(2)12-19-8-7-9-22-20(19)10-11-23(24(22)6)21-14-16(3)13-17(4)18(21)5;1-14(2)12-19-17-8-10-22(18-13-15(3)6-7-16(18)4)24(5)21(17)11-9-20(19)23;1-14(2)10-18-13-22-17(12-20(18)23)8-9-21(24(22)5)19-11-15(3)6-7-16(19)4/h9-10,13-18H,11-12H2,1-8H3;7-10,12-15H,11H2,1-6H3;7-11,13-15H,12H2,1-6H3;6-11,13-14H,12H2,1-5H3;6-9,11-14H,10H2,1-5H3/q5*+1. The van der Waals surface area contributed by atoms with Crippen molar-refractivity contribution in [2.45, 2.75) is 212 Å². The van der Waals surface area contributed by atoms with E-state index in [1.807, 2.05) is 18.2 Å². The van der Waals surface area contributed by atoms with Gasteiger partial charge in [0.2, 0.25) is 56.1 Å². The summed E-state index contributed by atoms with van der Waals surface area (Å²) < 4.78 is 40.1. The molecule has 5 nitrogen and oxygen atoms in total. The lowest BCUT2D eigenvalue weighted by Crippen LogP contribution is -2.32. The lowest BCUT2D eigenvalue weighted by Gasteiger charge is -2.15. The summed E-state index contributed by atoms with van der Waals surface area (Å²) in [6, 6.07) is 74.5. The van der Waals surface area contributed by atoms with Crippen LogP contribution in [0.1, 0.15) is 189 Å². The quantitative estimate of drug-likeness (QED) is 0.0810. The summed E-state index contributed by atoms with van der Waals surface area (Å²) in [5.74, 6) is 3.33. The zero-order valence-corrected chi connectivity index (χ0v) is 80.8. The Bertz CT molecular complexity index is 6310. The van der Waals surface area contributed by atoms with Gasteiger partial charge in [0.05, 0.1) is 5.39 Å². The fraction of sp³-hybridized carbons (Fsp3) is 0.359. The van der Waals surface area contributed by atoms with Gasteiger partial charge in [-0.15, -0.1) is 0 Å². The van der Waals surface area contributed by atoms with E-state index in [1.54, 1.807) is 12.1 Å². The van der Waals surface area contributed by atoms with E-state index in [0.29, 0.717) is 35.5 Å². The topological polar surface area (TPSA) is 19.4 Å². The Labute approximate surface area is 743 Å². The van der Waals surface area contributed by atoms with E-state index in [1.165, 1.54) is 172 Å². The van der Waals surface area contributed by atoms with Gasteiger partial charge in [-0.2, -0.15) is 22.8 Å². The van der Waals surface area contributed by atoms with Crippen molar-refractivity contribution in [3.63, 3.8) is 0 Å². The van der Waals surface area contributed by atoms with Gasteiger partial charge in [0, 0.05) is 116 Å². The van der Waals surface area contributed by atoms with Gasteiger partial charge >= 0.3 is 0 Å². The highest BCUT2D eigenvalue weighted by atomic mass is 19.1. The molecule has 0 spiro atoms. The summed E-state index contributed by atoms with van der Waals surface area (Å²) in [6.07, 6.45) is 6.03. The number of fused-ring (bicyclic) bond motifs is 5. The molecule has 15 rings (SSSR count). The van der Waals surface area contributed by atoms with Gasteiger partial charge in [0.1, 0.15) is 46.9 Å². The van der Waals surface area contributed by atoms with E-state index in [9.17, 15) is 8.78 Å². The Morgan fingerprint density at radius 2 is 0.597 bits per heavy atom. The number of rotatable bonds is 17. The minimum Gasteiger partial charge on any atom is -0.207 e. The van der Waals surface area contributed by atoms with Crippen LogP contribution in [0.4, 0.5) is 8.78 Å². The highest BCUT2D eigenvalue weighted by Gasteiger charge is 2.27. The average molecular weight is 1660 g/mol. The first-order chi connectivity index (χ1) is 58.7. The first-order valence-corrected chi connectivity index (χ1v) is 45.5. The molecule has 0 bridgehead atoms. The second kappa shape index (κ2) is 40.4. The molecule has 0 aliphatic heterocycles. The van der Waals surface area contributed by atoms with Crippen LogP contribution < -0.4 is 22.8 Å². The zero-order valence-electron chi connectivity index (χ0n) is 80.8. The Morgan fingerprint density at radius 3 is 1.07 bits per heavy atom. The van der Waals surface area contributed by atoms with Crippen molar-refractivity contribution < 1.29 is 31.6 Å². The largest absolute Gasteiger partial charge is 0.213 e. The number of aryl methyl sites for hydroxylation is 15. The molecule has 0 saturated heterocycles. The average Bonchev–Trinajstić information content (AvgIpc) is 0.767. The predicted octanol–water partition coefficient (Wildman–Crippen LogP) is 28.1. The Kier molecular flexibility index (Phi) is 30.6. The smallest absolute Gasteiger partial charge is 0.207 e. The van der Waals surface area contributed by atoms with Crippen LogP contribution in [-0.4, -0.2) is 0 Å². The zero-order chi connectivity index (χ0) is 90.3. The van der Waals surface area contributed by atoms with E-state index >= 15 is 0 Å². The van der Waals surface area contributed by atoms with E-state index in [-0.39, 0.29) is 11.6 Å². The number of hydrogen-bond acceptors (Lipinski definition) is 0. The highest BCUT2D eigenvalue weighted by molar-refractivity contribution is 5.86. The molecule has 644 valence electrons. The molecule has 10 aromatic carbocycles. The van der Waals surface area contributed by atoms with Gasteiger partial charge in [-0.05, 0) is 315 Å². The molecule has 0 aliphatic carbocycles. The highest BCUT2D eigenvalue weighted by Crippen LogP contribution is 2.35. The Morgan fingerprint density at radius 1 is 0.234 bits per heavy atom. The maximum absolute atomic E-state index is 14.3. The molecule has 0 aliphatic rings. The molecule has 0 N–H and O–H groups in total. The molecule has 124 heavy (non-hydrogen) atoms. The number of pyridine rings is 5. The van der Waals surface area contributed by atoms with Gasteiger partial charge in [0.15, 0.2) is 0 Å². The Hall–Kier alpha value is -10.9. The van der Waals surface area contributed by atoms with Crippen molar-refractivity contribution in [1.82, 2.24) is 0 Å². The van der Waals surface area contributed by atoms with Crippen molar-refractivity contribution in [1.29, 1.82) is 0 Å². The first-order valence-electron chi connectivity index (χ1n) is 45.5. The second-order valence-corrected chi connectivity index (χ2v) is 38.8. The minimum atomic E-state index is -0.101. The van der Waals surface area contributed by atoms with E-state index < -0.39 is 0 Å². The van der Waals surface area contributed by atoms with Crippen LogP contribution in [0.5, 0.6) is 0 Å². The molecular formula is C117H142F2N5+5.